The highest BCUT2D eigenvalue weighted by Gasteiger charge is 2.34. The quantitative estimate of drug-likeness (QED) is 0.841. The number of benzene rings is 1. The van der Waals surface area contributed by atoms with Crippen molar-refractivity contribution >= 4 is 5.91 Å². The van der Waals surface area contributed by atoms with E-state index >= 15 is 0 Å². The van der Waals surface area contributed by atoms with Crippen LogP contribution in [0.5, 0.6) is 0 Å². The van der Waals surface area contributed by atoms with E-state index in [0.29, 0.717) is 12.1 Å². The van der Waals surface area contributed by atoms with Gasteiger partial charge in [0, 0.05) is 24.6 Å². The van der Waals surface area contributed by atoms with E-state index in [4.69, 9.17) is 4.74 Å². The van der Waals surface area contributed by atoms with Crippen molar-refractivity contribution in [1.29, 1.82) is 0 Å². The Balaban J connectivity index is 1.61. The van der Waals surface area contributed by atoms with E-state index in [2.05, 4.69) is 24.2 Å². The van der Waals surface area contributed by atoms with Crippen molar-refractivity contribution < 1.29 is 9.53 Å². The lowest BCUT2D eigenvalue weighted by Crippen LogP contribution is -2.38. The van der Waals surface area contributed by atoms with Gasteiger partial charge in [-0.2, -0.15) is 0 Å². The number of ether oxygens (including phenoxy) is 1. The van der Waals surface area contributed by atoms with E-state index in [-0.39, 0.29) is 12.0 Å². The second-order valence-corrected chi connectivity index (χ2v) is 6.23. The maximum absolute atomic E-state index is 12.4. The van der Waals surface area contributed by atoms with Gasteiger partial charge in [-0.1, -0.05) is 18.2 Å². The normalized spacial score (nSPS) is 28.6. The van der Waals surface area contributed by atoms with Crippen LogP contribution in [-0.4, -0.2) is 49.2 Å². The van der Waals surface area contributed by atoms with Gasteiger partial charge in [-0.3, -0.25) is 4.79 Å². The smallest absolute Gasteiger partial charge is 0.251 e. The molecule has 0 aliphatic carbocycles. The Kier molecular flexibility index (Phi) is 4.27. The first-order valence-electron chi connectivity index (χ1n) is 7.87. The third kappa shape index (κ3) is 3.44. The monoisotopic (exact) mass is 288 g/mol. The van der Waals surface area contributed by atoms with Crippen molar-refractivity contribution in [2.45, 2.75) is 44.4 Å². The van der Waals surface area contributed by atoms with Crippen molar-refractivity contribution in [3.05, 3.63) is 35.4 Å². The Morgan fingerprint density at radius 2 is 2.19 bits per heavy atom. The van der Waals surface area contributed by atoms with Crippen molar-refractivity contribution in [3.8, 4) is 0 Å². The highest BCUT2D eigenvalue weighted by Crippen LogP contribution is 2.26. The number of likely N-dealkylation sites (tertiary alicyclic amines) is 1. The summed E-state index contributed by atoms with van der Waals surface area (Å²) >= 11 is 0. The minimum Gasteiger partial charge on any atom is -0.370 e. The van der Waals surface area contributed by atoms with Gasteiger partial charge in [0.2, 0.25) is 0 Å². The summed E-state index contributed by atoms with van der Waals surface area (Å²) in [5, 5.41) is 3.10. The first-order chi connectivity index (χ1) is 10.1. The second-order valence-electron chi connectivity index (χ2n) is 6.23. The molecule has 2 fully saturated rings. The highest BCUT2D eigenvalue weighted by atomic mass is 16.6. The molecule has 3 atom stereocenters. The molecule has 0 bridgehead atoms. The van der Waals surface area contributed by atoms with Gasteiger partial charge in [0.15, 0.2) is 0 Å². The van der Waals surface area contributed by atoms with Crippen LogP contribution in [-0.2, 0) is 11.2 Å². The molecule has 0 aromatic heterocycles. The number of hydrogen-bond acceptors (Lipinski definition) is 3. The summed E-state index contributed by atoms with van der Waals surface area (Å²) in [5.41, 5.74) is 1.88. The number of amides is 1. The zero-order valence-corrected chi connectivity index (χ0v) is 12.8. The number of carbonyl (C=O) groups excluding carboxylic acids is 1. The predicted octanol–water partition coefficient (Wildman–Crippen LogP) is 1.84. The van der Waals surface area contributed by atoms with E-state index in [1.165, 1.54) is 12.8 Å². The maximum atomic E-state index is 12.4. The van der Waals surface area contributed by atoms with Gasteiger partial charge in [0.25, 0.3) is 5.91 Å². The molecule has 1 aromatic rings. The van der Waals surface area contributed by atoms with Crippen LogP contribution in [0.25, 0.3) is 0 Å². The van der Waals surface area contributed by atoms with Gasteiger partial charge in [0.05, 0.1) is 12.2 Å². The summed E-state index contributed by atoms with van der Waals surface area (Å²) in [7, 11) is 2.13. The molecule has 2 aliphatic rings. The third-order valence-corrected chi connectivity index (χ3v) is 4.69. The molecular weight excluding hydrogens is 264 g/mol. The number of epoxide rings is 1. The third-order valence-electron chi connectivity index (χ3n) is 4.69. The molecule has 4 heteroatoms. The summed E-state index contributed by atoms with van der Waals surface area (Å²) < 4.78 is 5.47. The van der Waals surface area contributed by atoms with Crippen molar-refractivity contribution in [2.24, 2.45) is 0 Å². The Labute approximate surface area is 126 Å². The van der Waals surface area contributed by atoms with Gasteiger partial charge in [-0.05, 0) is 45.0 Å². The summed E-state index contributed by atoms with van der Waals surface area (Å²) in [4.78, 5) is 14.8. The molecule has 114 valence electrons. The van der Waals surface area contributed by atoms with E-state index in [1.54, 1.807) is 0 Å². The Morgan fingerprint density at radius 1 is 1.43 bits per heavy atom. The van der Waals surface area contributed by atoms with Gasteiger partial charge < -0.3 is 15.0 Å². The van der Waals surface area contributed by atoms with Crippen LogP contribution in [0.4, 0.5) is 0 Å². The van der Waals surface area contributed by atoms with Crippen molar-refractivity contribution in [2.75, 3.05) is 20.1 Å². The Morgan fingerprint density at radius 3 is 2.86 bits per heavy atom. The molecule has 4 nitrogen and oxygen atoms in total. The van der Waals surface area contributed by atoms with Crippen LogP contribution in [0.15, 0.2) is 24.3 Å². The number of rotatable bonds is 5. The van der Waals surface area contributed by atoms with E-state index in [0.717, 1.165) is 30.6 Å². The van der Waals surface area contributed by atoms with E-state index < -0.39 is 0 Å². The zero-order chi connectivity index (χ0) is 14.8. The summed E-state index contributed by atoms with van der Waals surface area (Å²) in [6.07, 6.45) is 3.83. The molecular formula is C17H24N2O2. The Hall–Kier alpha value is -1.39. The van der Waals surface area contributed by atoms with Gasteiger partial charge in [-0.15, -0.1) is 0 Å². The minimum atomic E-state index is 0.0409. The largest absolute Gasteiger partial charge is 0.370 e. The van der Waals surface area contributed by atoms with Gasteiger partial charge in [0.1, 0.15) is 0 Å². The number of carbonyl (C=O) groups is 1. The molecule has 3 rings (SSSR count). The first-order valence-corrected chi connectivity index (χ1v) is 7.87. The van der Waals surface area contributed by atoms with Crippen LogP contribution in [0.2, 0.25) is 0 Å². The highest BCUT2D eigenvalue weighted by molar-refractivity contribution is 5.95. The number of nitrogens with zero attached hydrogens (tertiary/aromatic N) is 1. The minimum absolute atomic E-state index is 0.0409. The van der Waals surface area contributed by atoms with Gasteiger partial charge in [-0.25, -0.2) is 0 Å². The number of hydrogen-bond donors (Lipinski definition) is 1. The summed E-state index contributed by atoms with van der Waals surface area (Å²) in [6, 6.07) is 8.34. The van der Waals surface area contributed by atoms with Crippen molar-refractivity contribution in [1.82, 2.24) is 10.2 Å². The second kappa shape index (κ2) is 6.16. The first kappa shape index (κ1) is 14.5. The Bertz CT molecular complexity index is 517. The van der Waals surface area contributed by atoms with E-state index in [9.17, 15) is 4.79 Å². The molecule has 0 radical (unpaired) electrons. The number of likely N-dealkylation sites (N-methyl/N-ethyl adjacent to an activating group) is 1. The van der Waals surface area contributed by atoms with Crippen LogP contribution in [0, 0.1) is 0 Å². The van der Waals surface area contributed by atoms with Crippen LogP contribution >= 0.6 is 0 Å². The molecule has 3 unspecified atom stereocenters. The SMILES string of the molecule is CC1OC1Cc1ccccc1C(=O)NCC1CCCN1C. The average Bonchev–Trinajstić information content (AvgIpc) is 3.01. The van der Waals surface area contributed by atoms with Crippen LogP contribution in [0.3, 0.4) is 0 Å². The topological polar surface area (TPSA) is 44.9 Å². The molecule has 21 heavy (non-hydrogen) atoms. The summed E-state index contributed by atoms with van der Waals surface area (Å²) in [5.74, 6) is 0.0409. The molecule has 1 amide bonds. The van der Waals surface area contributed by atoms with Crippen LogP contribution < -0.4 is 5.32 Å². The fourth-order valence-electron chi connectivity index (χ4n) is 3.12. The lowest BCUT2D eigenvalue weighted by atomic mass is 10.0. The van der Waals surface area contributed by atoms with Crippen molar-refractivity contribution in [3.63, 3.8) is 0 Å². The molecule has 1 N–H and O–H groups in total. The van der Waals surface area contributed by atoms with E-state index in [1.807, 2.05) is 24.3 Å². The van der Waals surface area contributed by atoms with Crippen LogP contribution in [0.1, 0.15) is 35.7 Å². The molecule has 2 saturated heterocycles. The fourth-order valence-corrected chi connectivity index (χ4v) is 3.12. The lowest BCUT2D eigenvalue weighted by Gasteiger charge is -2.20. The zero-order valence-electron chi connectivity index (χ0n) is 12.8. The fraction of sp³-hybridized carbons (Fsp3) is 0.588. The maximum Gasteiger partial charge on any atom is 0.251 e. The lowest BCUT2D eigenvalue weighted by molar-refractivity contribution is 0.0942. The van der Waals surface area contributed by atoms with Gasteiger partial charge >= 0.3 is 0 Å². The molecule has 0 spiro atoms. The molecule has 1 aromatic carbocycles. The standard InChI is InChI=1S/C17H24N2O2/c1-12-16(21-12)10-13-6-3-4-8-15(13)17(20)18-11-14-7-5-9-19(14)2/h3-4,6,8,12,14,16H,5,7,9-11H2,1-2H3,(H,18,20). The predicted molar refractivity (Wildman–Crippen MR) is 82.5 cm³/mol. The molecule has 2 aliphatic heterocycles. The molecule has 0 saturated carbocycles. The average molecular weight is 288 g/mol. The molecule has 2 heterocycles. The number of nitrogens with one attached hydrogen (secondary N) is 1. The summed E-state index contributed by atoms with van der Waals surface area (Å²) in [6.45, 7) is 3.94.